The van der Waals surface area contributed by atoms with Crippen molar-refractivity contribution in [3.8, 4) is 11.5 Å². The van der Waals surface area contributed by atoms with E-state index < -0.39 is 5.91 Å². The first-order chi connectivity index (χ1) is 6.77. The van der Waals surface area contributed by atoms with Crippen molar-refractivity contribution in [1.29, 1.82) is 0 Å². The number of carbonyl (C=O) groups excluding carboxylic acids is 1. The van der Waals surface area contributed by atoms with Crippen LogP contribution in [0.3, 0.4) is 0 Å². The van der Waals surface area contributed by atoms with E-state index in [-0.39, 0.29) is 5.69 Å². The van der Waals surface area contributed by atoms with Gasteiger partial charge in [0.15, 0.2) is 5.82 Å². The lowest BCUT2D eigenvalue weighted by atomic mass is 10.3. The molecule has 0 atom stereocenters. The Hall–Kier alpha value is -2.24. The fraction of sp³-hybridized carbons (Fsp3) is 0. The number of nitrogens with two attached hydrogens (primary N) is 1. The number of aromatic nitrogens is 4. The Bertz CT molecular complexity index is 451. The quantitative estimate of drug-likeness (QED) is 0.692. The zero-order chi connectivity index (χ0) is 9.97. The first-order valence-corrected chi connectivity index (χ1v) is 3.90. The minimum Gasteiger partial charge on any atom is -0.364 e. The minimum absolute atomic E-state index is 0.179. The van der Waals surface area contributed by atoms with Crippen LogP contribution in [-0.4, -0.2) is 26.1 Å². The maximum Gasteiger partial charge on any atom is 0.267 e. The third-order valence-electron chi connectivity index (χ3n) is 1.64. The van der Waals surface area contributed by atoms with Gasteiger partial charge in [-0.05, 0) is 12.1 Å². The van der Waals surface area contributed by atoms with E-state index in [2.05, 4.69) is 20.2 Å². The Balaban J connectivity index is 2.46. The molecule has 14 heavy (non-hydrogen) atoms. The maximum absolute atomic E-state index is 10.8. The Morgan fingerprint density at radius 1 is 1.43 bits per heavy atom. The Morgan fingerprint density at radius 2 is 2.29 bits per heavy atom. The number of rotatable bonds is 2. The molecule has 6 nitrogen and oxygen atoms in total. The molecule has 1 amide bonds. The normalized spacial score (nSPS) is 10.0. The van der Waals surface area contributed by atoms with Gasteiger partial charge in [-0.2, -0.15) is 5.10 Å². The summed E-state index contributed by atoms with van der Waals surface area (Å²) in [4.78, 5) is 18.7. The van der Waals surface area contributed by atoms with Crippen LogP contribution in [0.5, 0.6) is 0 Å². The summed E-state index contributed by atoms with van der Waals surface area (Å²) in [6.45, 7) is 0. The molecule has 0 unspecified atom stereocenters. The topological polar surface area (TPSA) is 97.6 Å². The number of nitrogens with one attached hydrogen (secondary N) is 1. The average molecular weight is 189 g/mol. The molecule has 0 bridgehead atoms. The van der Waals surface area contributed by atoms with E-state index in [1.54, 1.807) is 12.3 Å². The summed E-state index contributed by atoms with van der Waals surface area (Å²) in [5.74, 6) is -0.202. The molecular weight excluding hydrogens is 182 g/mol. The van der Waals surface area contributed by atoms with E-state index in [9.17, 15) is 4.79 Å². The molecule has 0 aromatic carbocycles. The van der Waals surface area contributed by atoms with Crippen molar-refractivity contribution >= 4 is 5.91 Å². The van der Waals surface area contributed by atoms with Crippen LogP contribution in [0.15, 0.2) is 24.5 Å². The smallest absolute Gasteiger partial charge is 0.267 e. The monoisotopic (exact) mass is 189 g/mol. The summed E-state index contributed by atoms with van der Waals surface area (Å²) in [6.07, 6.45) is 3.12. The maximum atomic E-state index is 10.8. The highest BCUT2D eigenvalue weighted by molar-refractivity contribution is 5.90. The van der Waals surface area contributed by atoms with Crippen LogP contribution in [0.25, 0.3) is 11.5 Å². The lowest BCUT2D eigenvalue weighted by Crippen LogP contribution is -2.13. The van der Waals surface area contributed by atoms with Gasteiger partial charge in [0.05, 0.1) is 0 Å². The van der Waals surface area contributed by atoms with Crippen LogP contribution < -0.4 is 5.73 Å². The van der Waals surface area contributed by atoms with Gasteiger partial charge >= 0.3 is 0 Å². The van der Waals surface area contributed by atoms with Gasteiger partial charge in [-0.25, -0.2) is 9.97 Å². The van der Waals surface area contributed by atoms with Gasteiger partial charge in [0.25, 0.3) is 5.91 Å². The fourth-order valence-electron chi connectivity index (χ4n) is 1.00. The van der Waals surface area contributed by atoms with Crippen molar-refractivity contribution in [2.24, 2.45) is 5.73 Å². The van der Waals surface area contributed by atoms with E-state index in [1.165, 1.54) is 12.3 Å². The van der Waals surface area contributed by atoms with E-state index in [0.717, 1.165) is 0 Å². The first-order valence-electron chi connectivity index (χ1n) is 3.90. The second kappa shape index (κ2) is 3.25. The molecule has 2 rings (SSSR count). The molecule has 0 radical (unpaired) electrons. The van der Waals surface area contributed by atoms with Crippen molar-refractivity contribution in [2.45, 2.75) is 0 Å². The van der Waals surface area contributed by atoms with Crippen LogP contribution in [0.2, 0.25) is 0 Å². The molecule has 70 valence electrons. The highest BCUT2D eigenvalue weighted by atomic mass is 16.1. The summed E-state index contributed by atoms with van der Waals surface area (Å²) in [6, 6.07) is 3.17. The molecule has 0 saturated carbocycles. The molecule has 0 spiro atoms. The molecule has 0 aliphatic rings. The van der Waals surface area contributed by atoms with E-state index in [4.69, 9.17) is 5.73 Å². The molecule has 2 heterocycles. The summed E-state index contributed by atoms with van der Waals surface area (Å²) in [5.41, 5.74) is 5.83. The first kappa shape index (κ1) is 8.36. The predicted octanol–water partition coefficient (Wildman–Crippen LogP) is -0.0344. The largest absolute Gasteiger partial charge is 0.364 e. The molecule has 2 aromatic rings. The van der Waals surface area contributed by atoms with Crippen molar-refractivity contribution in [3.05, 3.63) is 30.2 Å². The van der Waals surface area contributed by atoms with Gasteiger partial charge in [-0.1, -0.05) is 0 Å². The highest BCUT2D eigenvalue weighted by Gasteiger charge is 2.07. The number of hydrogen-bond acceptors (Lipinski definition) is 4. The van der Waals surface area contributed by atoms with Gasteiger partial charge in [0, 0.05) is 12.4 Å². The Labute approximate surface area is 79.2 Å². The summed E-state index contributed by atoms with van der Waals surface area (Å²) in [5, 5.41) is 6.52. The average Bonchev–Trinajstić information content (AvgIpc) is 2.71. The zero-order valence-corrected chi connectivity index (χ0v) is 7.14. The van der Waals surface area contributed by atoms with Crippen molar-refractivity contribution < 1.29 is 4.79 Å². The second-order valence-corrected chi connectivity index (χ2v) is 2.59. The molecule has 0 saturated heterocycles. The highest BCUT2D eigenvalue weighted by Crippen LogP contribution is 2.09. The molecule has 0 aliphatic carbocycles. The molecule has 3 N–H and O–H groups in total. The Kier molecular flexibility index (Phi) is 1.94. The standard InChI is InChI=1S/C8H7N5O/c9-7(14)5-1-3-10-8(12-5)6-2-4-11-13-6/h1-4H,(H2,9,14)(H,11,13). The van der Waals surface area contributed by atoms with Crippen molar-refractivity contribution in [3.63, 3.8) is 0 Å². The van der Waals surface area contributed by atoms with Crippen molar-refractivity contribution in [2.75, 3.05) is 0 Å². The molecule has 0 aliphatic heterocycles. The third-order valence-corrected chi connectivity index (χ3v) is 1.64. The number of primary amides is 1. The second-order valence-electron chi connectivity index (χ2n) is 2.59. The molecule has 6 heteroatoms. The van der Waals surface area contributed by atoms with Crippen LogP contribution in [0.1, 0.15) is 10.5 Å². The zero-order valence-electron chi connectivity index (χ0n) is 7.14. The van der Waals surface area contributed by atoms with Crippen LogP contribution in [-0.2, 0) is 0 Å². The van der Waals surface area contributed by atoms with Crippen LogP contribution in [0, 0.1) is 0 Å². The lowest BCUT2D eigenvalue weighted by Gasteiger charge is -1.96. The number of nitrogens with zero attached hydrogens (tertiary/aromatic N) is 3. The van der Waals surface area contributed by atoms with E-state index in [0.29, 0.717) is 11.5 Å². The summed E-state index contributed by atoms with van der Waals surface area (Å²) < 4.78 is 0. The van der Waals surface area contributed by atoms with Gasteiger partial charge in [0.1, 0.15) is 11.4 Å². The van der Waals surface area contributed by atoms with Gasteiger partial charge in [-0.3, -0.25) is 9.89 Å². The van der Waals surface area contributed by atoms with Crippen molar-refractivity contribution in [1.82, 2.24) is 20.2 Å². The Morgan fingerprint density at radius 3 is 2.93 bits per heavy atom. The summed E-state index contributed by atoms with van der Waals surface area (Å²) in [7, 11) is 0. The van der Waals surface area contributed by atoms with E-state index >= 15 is 0 Å². The lowest BCUT2D eigenvalue weighted by molar-refractivity contribution is 0.0995. The van der Waals surface area contributed by atoms with Crippen LogP contribution >= 0.6 is 0 Å². The minimum atomic E-state index is -0.579. The number of hydrogen-bond donors (Lipinski definition) is 2. The molecule has 0 fully saturated rings. The van der Waals surface area contributed by atoms with Crippen LogP contribution in [0.4, 0.5) is 0 Å². The fourth-order valence-corrected chi connectivity index (χ4v) is 1.00. The number of aromatic amines is 1. The number of amides is 1. The number of carbonyl (C=O) groups is 1. The number of H-pyrrole nitrogens is 1. The predicted molar refractivity (Wildman–Crippen MR) is 48.1 cm³/mol. The molecular formula is C8H7N5O. The van der Waals surface area contributed by atoms with Gasteiger partial charge in [-0.15, -0.1) is 0 Å². The molecule has 2 aromatic heterocycles. The third kappa shape index (κ3) is 1.45. The van der Waals surface area contributed by atoms with E-state index in [1.807, 2.05) is 0 Å². The van der Waals surface area contributed by atoms with Gasteiger partial charge in [0.2, 0.25) is 0 Å². The SMILES string of the molecule is NC(=O)c1ccnc(-c2cc[nH]n2)n1. The summed E-state index contributed by atoms with van der Waals surface area (Å²) >= 11 is 0. The van der Waals surface area contributed by atoms with Gasteiger partial charge < -0.3 is 5.73 Å².